The molecule has 1 N–H and O–H groups in total. The predicted molar refractivity (Wildman–Crippen MR) is 117 cm³/mol. The fraction of sp³-hybridized carbons (Fsp3) is 0.250. The summed E-state index contributed by atoms with van der Waals surface area (Å²) in [6, 6.07) is 11.9. The van der Waals surface area contributed by atoms with E-state index < -0.39 is 18.9 Å². The molecule has 0 bridgehead atoms. The first kappa shape index (κ1) is 22.1. The summed E-state index contributed by atoms with van der Waals surface area (Å²) in [6.45, 7) is 10.8. The molecule has 0 saturated heterocycles. The number of nitrogens with zero attached hydrogens (tertiary/aromatic N) is 3. The molecule has 1 heterocycles. The first-order valence-corrected chi connectivity index (χ1v) is 9.82. The Morgan fingerprint density at radius 1 is 0.968 bits per heavy atom. The van der Waals surface area contributed by atoms with Gasteiger partial charge in [0, 0.05) is 17.2 Å². The molecule has 7 nitrogen and oxygen atoms in total. The van der Waals surface area contributed by atoms with E-state index in [1.54, 1.807) is 0 Å². The van der Waals surface area contributed by atoms with Crippen molar-refractivity contribution in [2.45, 2.75) is 34.0 Å². The van der Waals surface area contributed by atoms with Crippen molar-refractivity contribution in [2.75, 3.05) is 6.61 Å². The van der Waals surface area contributed by atoms with Gasteiger partial charge in [-0.05, 0) is 38.8 Å². The summed E-state index contributed by atoms with van der Waals surface area (Å²) in [4.78, 5) is 25.0. The lowest BCUT2D eigenvalue weighted by molar-refractivity contribution is -0.163. The van der Waals surface area contributed by atoms with Gasteiger partial charge in [-0.25, -0.2) is 9.78 Å². The van der Waals surface area contributed by atoms with Crippen LogP contribution in [0.4, 0.5) is 0 Å². The summed E-state index contributed by atoms with van der Waals surface area (Å²) in [6.07, 6.45) is -0.284. The summed E-state index contributed by atoms with van der Waals surface area (Å²) in [5.41, 5.74) is 5.90. The van der Waals surface area contributed by atoms with E-state index in [4.69, 9.17) is 9.47 Å². The van der Waals surface area contributed by atoms with Gasteiger partial charge in [0.1, 0.15) is 6.61 Å². The van der Waals surface area contributed by atoms with Crippen molar-refractivity contribution in [3.63, 3.8) is 0 Å². The van der Waals surface area contributed by atoms with Gasteiger partial charge in [-0.2, -0.15) is 9.97 Å². The smallest absolute Gasteiger partial charge is 0.333 e. The van der Waals surface area contributed by atoms with Crippen LogP contribution in [0.15, 0.2) is 49.1 Å². The van der Waals surface area contributed by atoms with Crippen molar-refractivity contribution in [2.24, 2.45) is 0 Å². The molecule has 0 saturated carbocycles. The highest BCUT2D eigenvalue weighted by Crippen LogP contribution is 2.27. The van der Waals surface area contributed by atoms with Crippen LogP contribution in [0.3, 0.4) is 0 Å². The first-order chi connectivity index (χ1) is 14.8. The molecular formula is C24H25N3O4. The second-order valence-electron chi connectivity index (χ2n) is 7.27. The van der Waals surface area contributed by atoms with Crippen LogP contribution in [0.1, 0.15) is 22.3 Å². The number of benzene rings is 2. The van der Waals surface area contributed by atoms with Gasteiger partial charge >= 0.3 is 12.0 Å². The number of aliphatic hydroxyl groups is 1. The Morgan fingerprint density at radius 3 is 1.90 bits per heavy atom. The third kappa shape index (κ3) is 5.32. The molecule has 3 rings (SSSR count). The lowest BCUT2D eigenvalue weighted by Crippen LogP contribution is -2.28. The molecule has 0 spiro atoms. The number of aromatic nitrogens is 3. The van der Waals surface area contributed by atoms with E-state index in [9.17, 15) is 9.90 Å². The van der Waals surface area contributed by atoms with Gasteiger partial charge in [-0.1, -0.05) is 54.1 Å². The summed E-state index contributed by atoms with van der Waals surface area (Å²) in [7, 11) is 0. The molecule has 31 heavy (non-hydrogen) atoms. The van der Waals surface area contributed by atoms with Crippen molar-refractivity contribution in [1.82, 2.24) is 15.0 Å². The van der Waals surface area contributed by atoms with Crippen LogP contribution in [0.2, 0.25) is 0 Å². The van der Waals surface area contributed by atoms with Crippen LogP contribution in [-0.2, 0) is 9.53 Å². The number of carbonyl (C=O) groups is 1. The quantitative estimate of drug-likeness (QED) is 0.353. The second-order valence-corrected chi connectivity index (χ2v) is 7.27. The van der Waals surface area contributed by atoms with Gasteiger partial charge in [0.25, 0.3) is 6.29 Å². The largest absolute Gasteiger partial charge is 0.420 e. The molecule has 3 aromatic rings. The van der Waals surface area contributed by atoms with Crippen molar-refractivity contribution in [3.05, 3.63) is 71.3 Å². The fourth-order valence-electron chi connectivity index (χ4n) is 3.17. The molecule has 0 radical (unpaired) electrons. The van der Waals surface area contributed by atoms with Crippen LogP contribution < -0.4 is 4.74 Å². The van der Waals surface area contributed by atoms with E-state index in [1.807, 2.05) is 64.1 Å². The number of carbonyl (C=O) groups excluding carboxylic acids is 1. The number of aryl methyl sites for hydroxylation is 4. The van der Waals surface area contributed by atoms with Crippen molar-refractivity contribution < 1.29 is 19.4 Å². The summed E-state index contributed by atoms with van der Waals surface area (Å²) in [5.74, 6) is 0.116. The lowest BCUT2D eigenvalue weighted by Gasteiger charge is -2.16. The Labute approximate surface area is 181 Å². The third-order valence-electron chi connectivity index (χ3n) is 4.66. The molecule has 0 fully saturated rings. The normalized spacial score (nSPS) is 11.6. The van der Waals surface area contributed by atoms with Crippen LogP contribution in [0.25, 0.3) is 22.8 Å². The standard InChI is InChI=1S/C24H25N3O4/c1-6-20(29)30-21(13-28)31-24-26-22(18-9-7-14(2)11-16(18)4)25-23(27-24)19-10-8-15(3)12-17(19)5/h6-12,21,28H,1,13H2,2-5H3. The molecule has 1 unspecified atom stereocenters. The molecule has 7 heteroatoms. The van der Waals surface area contributed by atoms with Crippen LogP contribution in [0, 0.1) is 27.7 Å². The molecular weight excluding hydrogens is 394 g/mol. The van der Waals surface area contributed by atoms with Gasteiger partial charge in [0.05, 0.1) is 0 Å². The summed E-state index contributed by atoms with van der Waals surface area (Å²) < 4.78 is 10.6. The summed E-state index contributed by atoms with van der Waals surface area (Å²) >= 11 is 0. The topological polar surface area (TPSA) is 94.4 Å². The Bertz CT molecular complexity index is 1060. The minimum Gasteiger partial charge on any atom is -0.420 e. The van der Waals surface area contributed by atoms with Gasteiger partial charge in [0.2, 0.25) is 0 Å². The minimum absolute atomic E-state index is 0.0594. The number of hydrogen-bond acceptors (Lipinski definition) is 7. The van der Waals surface area contributed by atoms with E-state index in [2.05, 4.69) is 21.5 Å². The van der Waals surface area contributed by atoms with E-state index >= 15 is 0 Å². The first-order valence-electron chi connectivity index (χ1n) is 9.82. The molecule has 0 aliphatic heterocycles. The van der Waals surface area contributed by atoms with Crippen molar-refractivity contribution in [3.8, 4) is 28.8 Å². The zero-order valence-electron chi connectivity index (χ0n) is 18.0. The SMILES string of the molecule is C=CC(=O)OC(CO)Oc1nc(-c2ccc(C)cc2C)nc(-c2ccc(C)cc2C)n1. The van der Waals surface area contributed by atoms with Crippen molar-refractivity contribution in [1.29, 1.82) is 0 Å². The summed E-state index contributed by atoms with van der Waals surface area (Å²) in [5, 5.41) is 9.55. The van der Waals surface area contributed by atoms with Gasteiger partial charge < -0.3 is 14.6 Å². The minimum atomic E-state index is -1.27. The molecule has 1 aromatic heterocycles. The highest BCUT2D eigenvalue weighted by molar-refractivity contribution is 5.81. The fourth-order valence-corrected chi connectivity index (χ4v) is 3.17. The number of ether oxygens (including phenoxy) is 2. The number of aliphatic hydroxyl groups excluding tert-OH is 1. The maximum absolute atomic E-state index is 11.5. The van der Waals surface area contributed by atoms with E-state index in [0.29, 0.717) is 11.6 Å². The van der Waals surface area contributed by atoms with E-state index in [-0.39, 0.29) is 6.01 Å². The lowest BCUT2D eigenvalue weighted by atomic mass is 10.0. The second kappa shape index (κ2) is 9.49. The Hall–Kier alpha value is -3.58. The van der Waals surface area contributed by atoms with Crippen LogP contribution in [0.5, 0.6) is 6.01 Å². The Balaban J connectivity index is 2.11. The van der Waals surface area contributed by atoms with Crippen LogP contribution in [-0.4, -0.2) is 38.9 Å². The third-order valence-corrected chi connectivity index (χ3v) is 4.66. The average molecular weight is 419 g/mol. The van der Waals surface area contributed by atoms with Crippen molar-refractivity contribution >= 4 is 5.97 Å². The highest BCUT2D eigenvalue weighted by Gasteiger charge is 2.19. The van der Waals surface area contributed by atoms with E-state index in [0.717, 1.165) is 39.5 Å². The molecule has 0 amide bonds. The maximum Gasteiger partial charge on any atom is 0.333 e. The number of hydrogen-bond donors (Lipinski definition) is 1. The van der Waals surface area contributed by atoms with E-state index in [1.165, 1.54) is 0 Å². The van der Waals surface area contributed by atoms with Gasteiger partial charge in [0.15, 0.2) is 11.6 Å². The molecule has 0 aliphatic rings. The zero-order chi connectivity index (χ0) is 22.5. The average Bonchev–Trinajstić information content (AvgIpc) is 2.72. The monoisotopic (exact) mass is 419 g/mol. The Morgan fingerprint density at radius 2 is 1.48 bits per heavy atom. The molecule has 160 valence electrons. The maximum atomic E-state index is 11.5. The number of rotatable bonds is 7. The predicted octanol–water partition coefficient (Wildman–Crippen LogP) is 3.87. The van der Waals surface area contributed by atoms with Gasteiger partial charge in [-0.15, -0.1) is 0 Å². The zero-order valence-corrected chi connectivity index (χ0v) is 18.0. The van der Waals surface area contributed by atoms with Gasteiger partial charge in [-0.3, -0.25) is 0 Å². The molecule has 2 aromatic carbocycles. The molecule has 1 atom stereocenters. The molecule has 0 aliphatic carbocycles. The van der Waals surface area contributed by atoms with Crippen LogP contribution >= 0.6 is 0 Å². The highest BCUT2D eigenvalue weighted by atomic mass is 16.7. The Kier molecular flexibility index (Phi) is 6.77. The number of esters is 1.